The van der Waals surface area contributed by atoms with Crippen molar-refractivity contribution in [2.45, 2.75) is 41.7 Å². The van der Waals surface area contributed by atoms with Crippen LogP contribution < -0.4 is 4.90 Å². The fourth-order valence-corrected chi connectivity index (χ4v) is 5.95. The second-order valence-corrected chi connectivity index (χ2v) is 10.6. The molecular formula is C26H32F3N3OS. The number of ketones is 1. The van der Waals surface area contributed by atoms with Gasteiger partial charge in [0.15, 0.2) is 5.78 Å². The SMILES string of the molecule is CN(C)CC(=O)CN1CCC(CCCN2c3ccccc3Sc3ccc(C(F)(F)F)cc32)CC1. The Morgan fingerprint density at radius 1 is 1.06 bits per heavy atom. The molecule has 0 unspecified atom stereocenters. The van der Waals surface area contributed by atoms with Crippen molar-refractivity contribution in [3.05, 3.63) is 48.0 Å². The van der Waals surface area contributed by atoms with Crippen LogP contribution in [-0.4, -0.2) is 62.4 Å². The summed E-state index contributed by atoms with van der Waals surface area (Å²) in [6, 6.07) is 12.0. The van der Waals surface area contributed by atoms with Crippen molar-refractivity contribution in [3.63, 3.8) is 0 Å². The molecule has 8 heteroatoms. The van der Waals surface area contributed by atoms with Gasteiger partial charge >= 0.3 is 6.18 Å². The molecule has 0 atom stereocenters. The quantitative estimate of drug-likeness (QED) is 0.456. The molecule has 0 saturated carbocycles. The van der Waals surface area contributed by atoms with Crippen molar-refractivity contribution in [2.24, 2.45) is 5.92 Å². The fourth-order valence-electron chi connectivity index (χ4n) is 4.87. The lowest BCUT2D eigenvalue weighted by Crippen LogP contribution is -2.39. The summed E-state index contributed by atoms with van der Waals surface area (Å²) in [6.07, 6.45) is -0.268. The Labute approximate surface area is 204 Å². The Morgan fingerprint density at radius 3 is 2.47 bits per heavy atom. The average Bonchev–Trinajstić information content (AvgIpc) is 2.78. The highest BCUT2D eigenvalue weighted by Crippen LogP contribution is 2.49. The number of halogens is 3. The monoisotopic (exact) mass is 491 g/mol. The lowest BCUT2D eigenvalue weighted by molar-refractivity contribution is -0.137. The van der Waals surface area contributed by atoms with Gasteiger partial charge in [-0.1, -0.05) is 23.9 Å². The van der Waals surface area contributed by atoms with Gasteiger partial charge in [-0.15, -0.1) is 0 Å². The van der Waals surface area contributed by atoms with Crippen molar-refractivity contribution < 1.29 is 18.0 Å². The average molecular weight is 492 g/mol. The second kappa shape index (κ2) is 10.7. The van der Waals surface area contributed by atoms with Crippen LogP contribution in [0.5, 0.6) is 0 Å². The van der Waals surface area contributed by atoms with E-state index in [-0.39, 0.29) is 5.78 Å². The Kier molecular flexibility index (Phi) is 7.90. The minimum atomic E-state index is -4.36. The molecule has 0 aliphatic carbocycles. The number of Topliss-reactive ketones (excluding diaryl/α,β-unsaturated/α-hetero) is 1. The smallest absolute Gasteiger partial charge is 0.340 e. The lowest BCUT2D eigenvalue weighted by Gasteiger charge is -2.35. The van der Waals surface area contributed by atoms with E-state index in [2.05, 4.69) is 9.80 Å². The van der Waals surface area contributed by atoms with Crippen LogP contribution in [0.25, 0.3) is 0 Å². The third-order valence-corrected chi connectivity index (χ3v) is 7.68. The van der Waals surface area contributed by atoms with Crippen LogP contribution >= 0.6 is 11.8 Å². The van der Waals surface area contributed by atoms with Crippen molar-refractivity contribution in [3.8, 4) is 0 Å². The van der Waals surface area contributed by atoms with E-state index in [4.69, 9.17) is 0 Å². The van der Waals surface area contributed by atoms with Crippen LogP contribution in [-0.2, 0) is 11.0 Å². The first kappa shape index (κ1) is 25.1. The standard InChI is InChI=1S/C26H32F3N3OS/c1-30(2)17-21(33)18-31-14-11-19(12-15-31)6-5-13-32-22-7-3-4-8-24(22)34-25-10-9-20(16-23(25)32)26(27,28)29/h3-4,7-10,16,19H,5-6,11-15,17-18H2,1-2H3. The zero-order valence-electron chi connectivity index (χ0n) is 19.8. The number of carbonyl (C=O) groups excluding carboxylic acids is 1. The molecule has 0 amide bonds. The fraction of sp³-hybridized carbons (Fsp3) is 0.500. The van der Waals surface area contributed by atoms with Crippen molar-refractivity contribution >= 4 is 28.9 Å². The van der Waals surface area contributed by atoms with Gasteiger partial charge in [-0.2, -0.15) is 13.2 Å². The summed E-state index contributed by atoms with van der Waals surface area (Å²) in [4.78, 5) is 20.2. The summed E-state index contributed by atoms with van der Waals surface area (Å²) in [6.45, 7) is 3.56. The highest BCUT2D eigenvalue weighted by molar-refractivity contribution is 7.99. The maximum absolute atomic E-state index is 13.4. The molecule has 184 valence electrons. The van der Waals surface area contributed by atoms with E-state index in [0.717, 1.165) is 54.3 Å². The second-order valence-electron chi connectivity index (χ2n) is 9.54. The molecule has 1 saturated heterocycles. The molecule has 34 heavy (non-hydrogen) atoms. The molecule has 4 rings (SSSR count). The molecule has 0 bridgehead atoms. The molecule has 0 N–H and O–H groups in total. The number of alkyl halides is 3. The molecule has 2 aromatic rings. The first-order valence-corrected chi connectivity index (χ1v) is 12.7. The van der Waals surface area contributed by atoms with E-state index in [9.17, 15) is 18.0 Å². The van der Waals surface area contributed by atoms with E-state index in [1.165, 1.54) is 23.9 Å². The number of likely N-dealkylation sites (N-methyl/N-ethyl adjacent to an activating group) is 1. The normalized spacial score (nSPS) is 17.1. The van der Waals surface area contributed by atoms with Gasteiger partial charge in [-0.3, -0.25) is 9.69 Å². The number of rotatable bonds is 8. The Morgan fingerprint density at radius 2 is 1.76 bits per heavy atom. The van der Waals surface area contributed by atoms with E-state index >= 15 is 0 Å². The number of likely N-dealkylation sites (tertiary alicyclic amines) is 1. The predicted octanol–water partition coefficient (Wildman–Crippen LogP) is 5.93. The van der Waals surface area contributed by atoms with Crippen molar-refractivity contribution in [1.29, 1.82) is 0 Å². The van der Waals surface area contributed by atoms with Gasteiger partial charge in [-0.25, -0.2) is 0 Å². The number of benzene rings is 2. The first-order chi connectivity index (χ1) is 16.2. The molecule has 2 aromatic carbocycles. The van der Waals surface area contributed by atoms with Crippen molar-refractivity contribution in [2.75, 3.05) is 51.7 Å². The molecule has 4 nitrogen and oxygen atoms in total. The minimum absolute atomic E-state index is 0.252. The predicted molar refractivity (Wildman–Crippen MR) is 131 cm³/mol. The summed E-state index contributed by atoms with van der Waals surface area (Å²) >= 11 is 1.53. The maximum atomic E-state index is 13.4. The molecule has 2 heterocycles. The van der Waals surface area contributed by atoms with E-state index in [1.54, 1.807) is 6.07 Å². The Balaban J connectivity index is 1.37. The van der Waals surface area contributed by atoms with Crippen LogP contribution in [0.15, 0.2) is 52.3 Å². The van der Waals surface area contributed by atoms with Crippen molar-refractivity contribution in [1.82, 2.24) is 9.80 Å². The highest BCUT2D eigenvalue weighted by atomic mass is 32.2. The number of para-hydroxylation sites is 1. The number of hydrogen-bond acceptors (Lipinski definition) is 5. The molecule has 0 radical (unpaired) electrons. The van der Waals surface area contributed by atoms with Crippen LogP contribution in [0, 0.1) is 5.92 Å². The lowest BCUT2D eigenvalue weighted by atomic mass is 9.92. The topological polar surface area (TPSA) is 26.8 Å². The van der Waals surface area contributed by atoms with Gasteiger partial charge < -0.3 is 9.80 Å². The zero-order chi connectivity index (χ0) is 24.3. The number of piperidine rings is 1. The summed E-state index contributed by atoms with van der Waals surface area (Å²) in [5.41, 5.74) is 1.02. The van der Waals surface area contributed by atoms with E-state index in [0.29, 0.717) is 31.2 Å². The zero-order valence-corrected chi connectivity index (χ0v) is 20.6. The number of nitrogens with zero attached hydrogens (tertiary/aromatic N) is 3. The molecule has 0 spiro atoms. The molecule has 1 fully saturated rings. The van der Waals surface area contributed by atoms with Crippen LogP contribution in [0.4, 0.5) is 24.5 Å². The van der Waals surface area contributed by atoms with E-state index < -0.39 is 11.7 Å². The molecule has 2 aliphatic rings. The third kappa shape index (κ3) is 6.15. The summed E-state index contributed by atoms with van der Waals surface area (Å²) in [7, 11) is 3.82. The molecule has 0 aromatic heterocycles. The van der Waals surface area contributed by atoms with Gasteiger partial charge in [-0.05, 0) is 89.1 Å². The molecular weight excluding hydrogens is 459 g/mol. The largest absolute Gasteiger partial charge is 0.416 e. The van der Waals surface area contributed by atoms with Gasteiger partial charge in [0.2, 0.25) is 0 Å². The number of fused-ring (bicyclic) bond motifs is 2. The van der Waals surface area contributed by atoms with Gasteiger partial charge in [0, 0.05) is 16.3 Å². The highest BCUT2D eigenvalue weighted by Gasteiger charge is 2.33. The minimum Gasteiger partial charge on any atom is -0.340 e. The molecule has 2 aliphatic heterocycles. The van der Waals surface area contributed by atoms with Crippen LogP contribution in [0.3, 0.4) is 0 Å². The number of anilines is 2. The Bertz CT molecular complexity index is 1000. The number of carbonyl (C=O) groups is 1. The maximum Gasteiger partial charge on any atom is 0.416 e. The van der Waals surface area contributed by atoms with Crippen LogP contribution in [0.1, 0.15) is 31.2 Å². The summed E-state index contributed by atoms with van der Waals surface area (Å²) < 4.78 is 40.2. The number of hydrogen-bond donors (Lipinski definition) is 0. The third-order valence-electron chi connectivity index (χ3n) is 6.55. The van der Waals surface area contributed by atoms with Crippen LogP contribution in [0.2, 0.25) is 0 Å². The first-order valence-electron chi connectivity index (χ1n) is 11.8. The Hall–Kier alpha value is -2.03. The summed E-state index contributed by atoms with van der Waals surface area (Å²) in [5.74, 6) is 0.845. The van der Waals surface area contributed by atoms with E-state index in [1.807, 2.05) is 43.3 Å². The van der Waals surface area contributed by atoms with Gasteiger partial charge in [0.25, 0.3) is 0 Å². The van der Waals surface area contributed by atoms with Gasteiger partial charge in [0.05, 0.1) is 30.0 Å². The summed E-state index contributed by atoms with van der Waals surface area (Å²) in [5, 5.41) is 0. The van der Waals surface area contributed by atoms with Gasteiger partial charge in [0.1, 0.15) is 0 Å².